The van der Waals surface area contributed by atoms with E-state index in [0.717, 1.165) is 19.3 Å². The number of ether oxygens (including phenoxy) is 1. The van der Waals surface area contributed by atoms with Crippen molar-refractivity contribution in [1.29, 1.82) is 0 Å². The largest absolute Gasteiger partial charge is 0.481 e. The van der Waals surface area contributed by atoms with E-state index in [-0.39, 0.29) is 35.2 Å². The number of hydrogen-bond donors (Lipinski definition) is 1. The normalized spacial score (nSPS) is 45.2. The number of fused-ring (bicyclic) bond motifs is 5. The Morgan fingerprint density at radius 1 is 1.10 bits per heavy atom. The minimum atomic E-state index is -0.698. The summed E-state index contributed by atoms with van der Waals surface area (Å²) in [5.74, 6) is 2.11. The van der Waals surface area contributed by atoms with E-state index in [4.69, 9.17) is 9.84 Å². The van der Waals surface area contributed by atoms with Crippen LogP contribution < -0.4 is 0 Å². The van der Waals surface area contributed by atoms with Gasteiger partial charge >= 0.3 is 11.9 Å². The molecule has 0 aromatic heterocycles. The standard InChI is InChI=1S/C26H40O5/c1-15(5-8-24(29)30)19-6-7-20-18-14-23(28)22-13-17(31-16(2)27)9-11-26(22,4)21(18)10-12-25(19,20)3/h15,17-22H,5-14H2,1-4H3,(H,29,30)/t15-,17-,18+,19-,20+,21+,22-,25-,26-/m1/s1. The first-order valence-electron chi connectivity index (χ1n) is 12.5. The van der Waals surface area contributed by atoms with E-state index < -0.39 is 5.97 Å². The number of ketones is 1. The lowest BCUT2D eigenvalue weighted by Gasteiger charge is -2.60. The molecule has 0 amide bonds. The van der Waals surface area contributed by atoms with Gasteiger partial charge in [0.15, 0.2) is 0 Å². The summed E-state index contributed by atoms with van der Waals surface area (Å²) in [6.07, 6.45) is 8.89. The third-order valence-electron chi connectivity index (χ3n) is 10.3. The fourth-order valence-electron chi connectivity index (χ4n) is 8.87. The van der Waals surface area contributed by atoms with E-state index in [1.807, 2.05) is 0 Å². The van der Waals surface area contributed by atoms with Crippen LogP contribution in [-0.2, 0) is 19.1 Å². The number of carbonyl (C=O) groups is 3. The van der Waals surface area contributed by atoms with E-state index in [2.05, 4.69) is 20.8 Å². The van der Waals surface area contributed by atoms with Gasteiger partial charge in [0.2, 0.25) is 0 Å². The second-order valence-electron chi connectivity index (χ2n) is 11.7. The van der Waals surface area contributed by atoms with E-state index in [1.54, 1.807) is 0 Å². The third kappa shape index (κ3) is 3.84. The molecular weight excluding hydrogens is 392 g/mol. The maximum Gasteiger partial charge on any atom is 0.303 e. The van der Waals surface area contributed by atoms with E-state index in [9.17, 15) is 14.4 Å². The molecule has 4 fully saturated rings. The van der Waals surface area contributed by atoms with Crippen LogP contribution in [0.15, 0.2) is 0 Å². The monoisotopic (exact) mass is 432 g/mol. The van der Waals surface area contributed by atoms with Crippen LogP contribution in [0.1, 0.15) is 91.9 Å². The molecule has 1 N–H and O–H groups in total. The van der Waals surface area contributed by atoms with Crippen LogP contribution in [0.4, 0.5) is 0 Å². The van der Waals surface area contributed by atoms with Gasteiger partial charge in [-0.15, -0.1) is 0 Å². The van der Waals surface area contributed by atoms with Gasteiger partial charge in [0.25, 0.3) is 0 Å². The molecule has 0 aromatic carbocycles. The highest BCUT2D eigenvalue weighted by Gasteiger charge is 2.62. The van der Waals surface area contributed by atoms with Crippen molar-refractivity contribution in [2.45, 2.75) is 98.0 Å². The maximum absolute atomic E-state index is 13.4. The summed E-state index contributed by atoms with van der Waals surface area (Å²) in [4.78, 5) is 35.9. The van der Waals surface area contributed by atoms with Crippen molar-refractivity contribution in [3.63, 3.8) is 0 Å². The number of carboxylic acids is 1. The molecule has 0 unspecified atom stereocenters. The first-order chi connectivity index (χ1) is 14.6. The Kier molecular flexibility index (Phi) is 6.02. The smallest absolute Gasteiger partial charge is 0.303 e. The average Bonchev–Trinajstić information content (AvgIpc) is 3.04. The Labute approximate surface area is 186 Å². The second-order valence-corrected chi connectivity index (χ2v) is 11.7. The van der Waals surface area contributed by atoms with Gasteiger partial charge < -0.3 is 9.84 Å². The fraction of sp³-hybridized carbons (Fsp3) is 0.885. The van der Waals surface area contributed by atoms with Gasteiger partial charge in [-0.05, 0) is 91.8 Å². The van der Waals surface area contributed by atoms with E-state index >= 15 is 0 Å². The molecule has 0 aromatic rings. The van der Waals surface area contributed by atoms with Crippen molar-refractivity contribution in [1.82, 2.24) is 0 Å². The summed E-state index contributed by atoms with van der Waals surface area (Å²) in [5, 5.41) is 9.13. The SMILES string of the molecule is CC(=O)O[C@@H]1CC[C@@]2(C)[C@H](C1)C(=O)C[C@@H]1[C@@H]2CC[C@]2(C)[C@@H]([C@H](C)CCC(=O)O)CC[C@@H]12. The molecule has 5 heteroatoms. The minimum Gasteiger partial charge on any atom is -0.481 e. The van der Waals surface area contributed by atoms with Crippen molar-refractivity contribution in [3.8, 4) is 0 Å². The first kappa shape index (κ1) is 22.8. The van der Waals surface area contributed by atoms with Gasteiger partial charge in [-0.25, -0.2) is 0 Å². The molecule has 0 radical (unpaired) electrons. The maximum atomic E-state index is 13.4. The fourth-order valence-corrected chi connectivity index (χ4v) is 8.87. The van der Waals surface area contributed by atoms with E-state index in [1.165, 1.54) is 32.6 Å². The summed E-state index contributed by atoms with van der Waals surface area (Å²) in [6.45, 7) is 8.50. The minimum absolute atomic E-state index is 0.0305. The lowest BCUT2D eigenvalue weighted by atomic mass is 9.44. The third-order valence-corrected chi connectivity index (χ3v) is 10.3. The summed E-state index contributed by atoms with van der Waals surface area (Å²) in [5.41, 5.74) is 0.266. The quantitative estimate of drug-likeness (QED) is 0.600. The van der Waals surface area contributed by atoms with Crippen LogP contribution >= 0.6 is 0 Å². The van der Waals surface area contributed by atoms with Gasteiger partial charge in [-0.2, -0.15) is 0 Å². The molecule has 31 heavy (non-hydrogen) atoms. The Hall–Kier alpha value is -1.39. The number of aliphatic carboxylic acids is 1. The summed E-state index contributed by atoms with van der Waals surface area (Å²) in [7, 11) is 0. The first-order valence-corrected chi connectivity index (χ1v) is 12.5. The van der Waals surface area contributed by atoms with Crippen LogP contribution in [-0.4, -0.2) is 28.9 Å². The van der Waals surface area contributed by atoms with Crippen molar-refractivity contribution < 1.29 is 24.2 Å². The lowest BCUT2D eigenvalue weighted by Crippen LogP contribution is -2.57. The summed E-state index contributed by atoms with van der Waals surface area (Å²) < 4.78 is 5.50. The molecule has 4 rings (SSSR count). The van der Waals surface area contributed by atoms with Crippen LogP contribution in [0.3, 0.4) is 0 Å². The number of hydrogen-bond acceptors (Lipinski definition) is 4. The van der Waals surface area contributed by atoms with Gasteiger partial charge in [0.05, 0.1) is 0 Å². The number of carbonyl (C=O) groups excluding carboxylic acids is 2. The van der Waals surface area contributed by atoms with Crippen molar-refractivity contribution in [2.75, 3.05) is 0 Å². The molecule has 4 saturated carbocycles. The zero-order chi connectivity index (χ0) is 22.6. The van der Waals surface area contributed by atoms with Gasteiger partial charge in [0.1, 0.15) is 11.9 Å². The molecule has 174 valence electrons. The highest BCUT2D eigenvalue weighted by Crippen LogP contribution is 2.67. The molecule has 4 aliphatic carbocycles. The Morgan fingerprint density at radius 2 is 1.77 bits per heavy atom. The highest BCUT2D eigenvalue weighted by molar-refractivity contribution is 5.83. The number of rotatable bonds is 5. The van der Waals surface area contributed by atoms with Gasteiger partial charge in [-0.3, -0.25) is 14.4 Å². The molecule has 0 heterocycles. The molecular formula is C26H40O5. The van der Waals surface area contributed by atoms with Crippen molar-refractivity contribution in [2.24, 2.45) is 46.3 Å². The second kappa shape index (κ2) is 8.19. The summed E-state index contributed by atoms with van der Waals surface area (Å²) >= 11 is 0. The summed E-state index contributed by atoms with van der Waals surface area (Å²) in [6, 6.07) is 0. The molecule has 0 spiro atoms. The topological polar surface area (TPSA) is 80.7 Å². The van der Waals surface area contributed by atoms with Crippen molar-refractivity contribution in [3.05, 3.63) is 0 Å². The molecule has 9 atom stereocenters. The molecule has 0 aliphatic heterocycles. The van der Waals surface area contributed by atoms with Crippen LogP contribution in [0.25, 0.3) is 0 Å². The zero-order valence-corrected chi connectivity index (χ0v) is 19.7. The zero-order valence-electron chi connectivity index (χ0n) is 19.7. The lowest BCUT2D eigenvalue weighted by molar-refractivity contribution is -0.169. The van der Waals surface area contributed by atoms with E-state index in [0.29, 0.717) is 48.2 Å². The Morgan fingerprint density at radius 3 is 2.45 bits per heavy atom. The average molecular weight is 433 g/mol. The molecule has 0 bridgehead atoms. The predicted molar refractivity (Wildman–Crippen MR) is 117 cm³/mol. The highest BCUT2D eigenvalue weighted by atomic mass is 16.5. The molecule has 4 aliphatic rings. The van der Waals surface area contributed by atoms with Crippen LogP contribution in [0, 0.1) is 46.3 Å². The predicted octanol–water partition coefficient (Wildman–Crippen LogP) is 5.26. The molecule has 0 saturated heterocycles. The molecule has 5 nitrogen and oxygen atoms in total. The Balaban J connectivity index is 1.52. The Bertz CT molecular complexity index is 746. The van der Waals surface area contributed by atoms with Crippen LogP contribution in [0.5, 0.6) is 0 Å². The van der Waals surface area contributed by atoms with Crippen LogP contribution in [0.2, 0.25) is 0 Å². The number of esters is 1. The van der Waals surface area contributed by atoms with Crippen molar-refractivity contribution >= 4 is 17.7 Å². The van der Waals surface area contributed by atoms with Gasteiger partial charge in [0, 0.05) is 25.7 Å². The number of carboxylic acid groups (broad SMARTS) is 1. The number of Topliss-reactive ketones (excluding diaryl/α,β-unsaturated/α-hetero) is 1. The van der Waals surface area contributed by atoms with Gasteiger partial charge in [-0.1, -0.05) is 20.8 Å².